The van der Waals surface area contributed by atoms with Gasteiger partial charge in [0, 0.05) is 30.6 Å². The van der Waals surface area contributed by atoms with Crippen LogP contribution in [0.2, 0.25) is 0 Å². The van der Waals surface area contributed by atoms with Gasteiger partial charge in [0.15, 0.2) is 0 Å². The molecule has 3 amide bonds. The van der Waals surface area contributed by atoms with Crippen molar-refractivity contribution in [3.8, 4) is 0 Å². The number of piperidine rings is 1. The average Bonchev–Trinajstić information content (AvgIpc) is 3.31. The standard InChI is InChI=1S/C25H37N3O3/c1-4-18(3)26-24(30)22(27-23(29)21-11-7-8-17(2)16-21)19-12-14-28(15-13-19)25(31)20-9-5-6-10-20/h7-8,11,16,18-20,22H,4-6,9-10,12-15H2,1-3H3,(H,26,30)(H,27,29). The lowest BCUT2D eigenvalue weighted by Crippen LogP contribution is -2.55. The molecule has 1 heterocycles. The van der Waals surface area contributed by atoms with Gasteiger partial charge >= 0.3 is 0 Å². The van der Waals surface area contributed by atoms with Gasteiger partial charge in [-0.05, 0) is 64.0 Å². The van der Waals surface area contributed by atoms with E-state index < -0.39 is 6.04 Å². The molecule has 2 fully saturated rings. The van der Waals surface area contributed by atoms with Crippen LogP contribution in [0.1, 0.15) is 74.7 Å². The van der Waals surface area contributed by atoms with Crippen molar-refractivity contribution in [3.05, 3.63) is 35.4 Å². The molecule has 0 spiro atoms. The molecule has 0 bridgehead atoms. The third kappa shape index (κ3) is 6.08. The van der Waals surface area contributed by atoms with Gasteiger partial charge in [-0.1, -0.05) is 37.5 Å². The molecule has 170 valence electrons. The van der Waals surface area contributed by atoms with Crippen molar-refractivity contribution in [2.45, 2.75) is 77.8 Å². The van der Waals surface area contributed by atoms with Gasteiger partial charge in [-0.2, -0.15) is 0 Å². The Hall–Kier alpha value is -2.37. The fourth-order valence-corrected chi connectivity index (χ4v) is 4.73. The Morgan fingerprint density at radius 3 is 2.35 bits per heavy atom. The summed E-state index contributed by atoms with van der Waals surface area (Å²) in [6, 6.07) is 6.86. The molecule has 2 atom stereocenters. The molecule has 1 aliphatic heterocycles. The van der Waals surface area contributed by atoms with Gasteiger partial charge in [-0.3, -0.25) is 14.4 Å². The van der Waals surface area contributed by atoms with E-state index in [1.807, 2.05) is 43.9 Å². The summed E-state index contributed by atoms with van der Waals surface area (Å²) in [6.45, 7) is 7.26. The molecular weight excluding hydrogens is 390 g/mol. The fraction of sp³-hybridized carbons (Fsp3) is 0.640. The van der Waals surface area contributed by atoms with E-state index >= 15 is 0 Å². The van der Waals surface area contributed by atoms with E-state index in [0.29, 0.717) is 18.7 Å². The third-order valence-corrected chi connectivity index (χ3v) is 6.88. The monoisotopic (exact) mass is 427 g/mol. The molecule has 1 aliphatic carbocycles. The van der Waals surface area contributed by atoms with E-state index in [1.54, 1.807) is 6.07 Å². The molecule has 2 aliphatic rings. The number of likely N-dealkylation sites (tertiary alicyclic amines) is 1. The first-order valence-corrected chi connectivity index (χ1v) is 11.9. The van der Waals surface area contributed by atoms with E-state index in [1.165, 1.54) is 0 Å². The quantitative estimate of drug-likeness (QED) is 0.700. The zero-order valence-corrected chi connectivity index (χ0v) is 19.2. The number of amides is 3. The number of aryl methyl sites for hydroxylation is 1. The summed E-state index contributed by atoms with van der Waals surface area (Å²) in [6.07, 6.45) is 6.59. The van der Waals surface area contributed by atoms with Crippen molar-refractivity contribution in [2.24, 2.45) is 11.8 Å². The maximum atomic E-state index is 13.1. The van der Waals surface area contributed by atoms with Crippen molar-refractivity contribution in [3.63, 3.8) is 0 Å². The Morgan fingerprint density at radius 1 is 1.06 bits per heavy atom. The number of nitrogens with zero attached hydrogens (tertiary/aromatic N) is 1. The molecule has 3 rings (SSSR count). The van der Waals surface area contributed by atoms with Gasteiger partial charge in [0.25, 0.3) is 5.91 Å². The first kappa shape index (κ1) is 23.3. The second kappa shape index (κ2) is 10.8. The Kier molecular flexibility index (Phi) is 8.10. The lowest BCUT2D eigenvalue weighted by atomic mass is 9.87. The van der Waals surface area contributed by atoms with Crippen LogP contribution in [0.15, 0.2) is 24.3 Å². The highest BCUT2D eigenvalue weighted by Crippen LogP contribution is 2.29. The number of benzene rings is 1. The van der Waals surface area contributed by atoms with Gasteiger partial charge in [-0.25, -0.2) is 0 Å². The molecule has 0 radical (unpaired) electrons. The first-order chi connectivity index (χ1) is 14.9. The summed E-state index contributed by atoms with van der Waals surface area (Å²) < 4.78 is 0. The molecule has 6 nitrogen and oxygen atoms in total. The minimum Gasteiger partial charge on any atom is -0.352 e. The molecule has 1 saturated carbocycles. The van der Waals surface area contributed by atoms with Gasteiger partial charge in [0.1, 0.15) is 6.04 Å². The second-order valence-corrected chi connectivity index (χ2v) is 9.28. The Morgan fingerprint density at radius 2 is 1.74 bits per heavy atom. The smallest absolute Gasteiger partial charge is 0.251 e. The molecular formula is C25H37N3O3. The minimum absolute atomic E-state index is 0.0189. The van der Waals surface area contributed by atoms with E-state index in [2.05, 4.69) is 10.6 Å². The van der Waals surface area contributed by atoms with Gasteiger partial charge < -0.3 is 15.5 Å². The van der Waals surface area contributed by atoms with Crippen LogP contribution in [0.4, 0.5) is 0 Å². The Balaban J connectivity index is 1.67. The maximum Gasteiger partial charge on any atom is 0.251 e. The summed E-state index contributed by atoms with van der Waals surface area (Å²) >= 11 is 0. The van der Waals surface area contributed by atoms with Crippen LogP contribution in [-0.2, 0) is 9.59 Å². The molecule has 2 N–H and O–H groups in total. The zero-order valence-electron chi connectivity index (χ0n) is 19.2. The molecule has 31 heavy (non-hydrogen) atoms. The Bertz CT molecular complexity index is 780. The second-order valence-electron chi connectivity index (χ2n) is 9.28. The first-order valence-electron chi connectivity index (χ1n) is 11.9. The lowest BCUT2D eigenvalue weighted by molar-refractivity contribution is -0.137. The molecule has 6 heteroatoms. The number of carbonyl (C=O) groups excluding carboxylic acids is 3. The van der Waals surface area contributed by atoms with E-state index in [0.717, 1.165) is 50.5 Å². The minimum atomic E-state index is -0.592. The highest BCUT2D eigenvalue weighted by molar-refractivity contribution is 5.97. The third-order valence-electron chi connectivity index (χ3n) is 6.88. The van der Waals surface area contributed by atoms with Crippen LogP contribution in [0.25, 0.3) is 0 Å². The van der Waals surface area contributed by atoms with Crippen LogP contribution >= 0.6 is 0 Å². The van der Waals surface area contributed by atoms with Crippen LogP contribution < -0.4 is 10.6 Å². The van der Waals surface area contributed by atoms with Gasteiger partial charge in [0.2, 0.25) is 11.8 Å². The van der Waals surface area contributed by atoms with Gasteiger partial charge in [-0.15, -0.1) is 0 Å². The Labute approximate surface area is 186 Å². The van der Waals surface area contributed by atoms with Crippen LogP contribution in [-0.4, -0.2) is 47.8 Å². The van der Waals surface area contributed by atoms with Crippen molar-refractivity contribution < 1.29 is 14.4 Å². The van der Waals surface area contributed by atoms with E-state index in [-0.39, 0.29) is 35.6 Å². The number of carbonyl (C=O) groups is 3. The predicted octanol–water partition coefficient (Wildman–Crippen LogP) is 3.44. The van der Waals surface area contributed by atoms with Crippen molar-refractivity contribution in [1.29, 1.82) is 0 Å². The van der Waals surface area contributed by atoms with Crippen molar-refractivity contribution in [2.75, 3.05) is 13.1 Å². The molecule has 1 saturated heterocycles. The largest absolute Gasteiger partial charge is 0.352 e. The van der Waals surface area contributed by atoms with Crippen molar-refractivity contribution in [1.82, 2.24) is 15.5 Å². The van der Waals surface area contributed by atoms with Gasteiger partial charge in [0.05, 0.1) is 0 Å². The molecule has 1 aromatic carbocycles. The average molecular weight is 428 g/mol. The summed E-state index contributed by atoms with van der Waals surface area (Å²) in [5, 5.41) is 6.04. The predicted molar refractivity (Wildman–Crippen MR) is 122 cm³/mol. The van der Waals surface area contributed by atoms with Crippen LogP contribution in [0.5, 0.6) is 0 Å². The maximum absolute atomic E-state index is 13.1. The number of rotatable bonds is 7. The molecule has 0 aromatic heterocycles. The van der Waals surface area contributed by atoms with Crippen LogP contribution in [0.3, 0.4) is 0 Å². The van der Waals surface area contributed by atoms with E-state index in [4.69, 9.17) is 0 Å². The van der Waals surface area contributed by atoms with Crippen LogP contribution in [0, 0.1) is 18.8 Å². The fourth-order valence-electron chi connectivity index (χ4n) is 4.73. The van der Waals surface area contributed by atoms with Crippen molar-refractivity contribution >= 4 is 17.7 Å². The topological polar surface area (TPSA) is 78.5 Å². The SMILES string of the molecule is CCC(C)NC(=O)C(NC(=O)c1cccc(C)c1)C1CCN(C(=O)C2CCCC2)CC1. The van der Waals surface area contributed by atoms with E-state index in [9.17, 15) is 14.4 Å². The normalized spacial score (nSPS) is 19.6. The number of nitrogens with one attached hydrogen (secondary N) is 2. The summed E-state index contributed by atoms with van der Waals surface area (Å²) in [5.74, 6) is 0.126. The highest BCUT2D eigenvalue weighted by atomic mass is 16.2. The summed E-state index contributed by atoms with van der Waals surface area (Å²) in [5.41, 5.74) is 1.57. The molecule has 1 aromatic rings. The number of hydrogen-bond donors (Lipinski definition) is 2. The summed E-state index contributed by atoms with van der Waals surface area (Å²) in [4.78, 5) is 40.7. The number of hydrogen-bond acceptors (Lipinski definition) is 3. The zero-order chi connectivity index (χ0) is 22.4. The molecule has 2 unspecified atom stereocenters. The summed E-state index contributed by atoms with van der Waals surface area (Å²) in [7, 11) is 0. The lowest BCUT2D eigenvalue weighted by Gasteiger charge is -2.37. The highest BCUT2D eigenvalue weighted by Gasteiger charge is 2.36.